The third-order valence-electron chi connectivity index (χ3n) is 9.65. The molecule has 0 radical (unpaired) electrons. The Morgan fingerprint density at radius 2 is 1.71 bits per heavy atom. The highest BCUT2D eigenvalue weighted by atomic mass is 32.2. The first-order valence-corrected chi connectivity index (χ1v) is 19.3. The van der Waals surface area contributed by atoms with Crippen molar-refractivity contribution in [2.45, 2.75) is 130 Å². The maximum absolute atomic E-state index is 14.5. The van der Waals surface area contributed by atoms with Gasteiger partial charge in [-0.25, -0.2) is 4.79 Å². The zero-order chi connectivity index (χ0) is 37.3. The number of likely N-dealkylation sites (tertiary alicyclic amines) is 1. The summed E-state index contributed by atoms with van der Waals surface area (Å²) in [6, 6.07) is -3.38. The number of nitrogens with one attached hydrogen (secondary N) is 3. The van der Waals surface area contributed by atoms with E-state index < -0.39 is 41.8 Å². The monoisotopic (exact) mass is 706 g/mol. The average molecular weight is 707 g/mol. The van der Waals surface area contributed by atoms with Crippen molar-refractivity contribution < 1.29 is 24.0 Å². The maximum Gasteiger partial charge on any atom is 0.315 e. The topological polar surface area (TPSA) is 154 Å². The number of ketones is 1. The van der Waals surface area contributed by atoms with Crippen molar-refractivity contribution in [2.75, 3.05) is 26.4 Å². The molecule has 0 spiro atoms. The predicted molar refractivity (Wildman–Crippen MR) is 201 cm³/mol. The number of rotatable bonds is 19. The van der Waals surface area contributed by atoms with Crippen LogP contribution in [-0.2, 0) is 19.2 Å². The second kappa shape index (κ2) is 22.1. The van der Waals surface area contributed by atoms with E-state index in [4.69, 9.17) is 5.73 Å². The summed E-state index contributed by atoms with van der Waals surface area (Å²) in [6.07, 6.45) is 14.1. The number of carbonyl (C=O) groups excluding carboxylic acids is 5. The van der Waals surface area contributed by atoms with Gasteiger partial charge in [-0.2, -0.15) is 0 Å². The van der Waals surface area contributed by atoms with E-state index >= 15 is 0 Å². The molecule has 0 bridgehead atoms. The highest BCUT2D eigenvalue weighted by Gasteiger charge is 2.42. The lowest BCUT2D eigenvalue weighted by atomic mass is 9.80. The molecule has 1 saturated heterocycles. The first kappa shape index (κ1) is 44.2. The Morgan fingerprint density at radius 1 is 1.06 bits per heavy atom. The van der Waals surface area contributed by atoms with E-state index in [0.29, 0.717) is 45.2 Å². The summed E-state index contributed by atoms with van der Waals surface area (Å²) in [7, 11) is 1.97. The summed E-state index contributed by atoms with van der Waals surface area (Å²) < 4.78 is 2.05. The molecule has 2 aliphatic rings. The lowest BCUT2D eigenvalue weighted by molar-refractivity contribution is -0.143. The van der Waals surface area contributed by atoms with Crippen LogP contribution in [0.15, 0.2) is 24.8 Å². The van der Waals surface area contributed by atoms with Gasteiger partial charge in [-0.3, -0.25) is 23.5 Å². The number of Topliss-reactive ketones (excluding diaryl/α,β-unsaturated/α-hetero) is 1. The van der Waals surface area contributed by atoms with E-state index in [-0.39, 0.29) is 35.1 Å². The van der Waals surface area contributed by atoms with Gasteiger partial charge in [0.2, 0.25) is 17.6 Å². The Morgan fingerprint density at radius 3 is 2.22 bits per heavy atom. The predicted octanol–water partition coefficient (Wildman–Crippen LogP) is 5.21. The Bertz CT molecular complexity index is 1120. The van der Waals surface area contributed by atoms with Gasteiger partial charge in [0, 0.05) is 19.1 Å². The molecule has 6 unspecified atom stereocenters. The molecule has 6 atom stereocenters. The van der Waals surface area contributed by atoms with Gasteiger partial charge in [-0.05, 0) is 81.9 Å². The summed E-state index contributed by atoms with van der Waals surface area (Å²) >= 11 is 1.58. The molecule has 1 heterocycles. The van der Waals surface area contributed by atoms with E-state index in [1.807, 2.05) is 59.2 Å². The standard InChI is InChI=1S/C35H60N6O5S.C2H6/c1-9-11-12-17-25(20-23(3)10-2)29(39-34(46)38-28(35(4,5)6)22-40(7)47-8)33(45)41-19-14-18-27(41)32(44)37-26(30(42)31(36)43)21-24-15-13-16-24;1-2/h9-11,23-29H,2,12-22H2,1,3-8H3,(H2,36,43)(H,37,44)(H2,38,39,46);1-2H3/b11-9-;. The van der Waals surface area contributed by atoms with E-state index in [9.17, 15) is 24.0 Å². The molecule has 11 nitrogen and oxygen atoms in total. The molecular weight excluding hydrogens is 641 g/mol. The lowest BCUT2D eigenvalue weighted by Crippen LogP contribution is -2.60. The van der Waals surface area contributed by atoms with Gasteiger partial charge in [0.1, 0.15) is 12.1 Å². The third-order valence-corrected chi connectivity index (χ3v) is 10.4. The van der Waals surface area contributed by atoms with Gasteiger partial charge >= 0.3 is 6.03 Å². The molecule has 5 amide bonds. The fourth-order valence-electron chi connectivity index (χ4n) is 6.28. The Kier molecular flexibility index (Phi) is 19.9. The highest BCUT2D eigenvalue weighted by Crippen LogP contribution is 2.31. The number of hydrogen-bond acceptors (Lipinski definition) is 7. The number of nitrogens with zero attached hydrogens (tertiary/aromatic N) is 2. The van der Waals surface area contributed by atoms with Crippen LogP contribution < -0.4 is 21.7 Å². The molecule has 1 saturated carbocycles. The molecule has 0 aromatic rings. The van der Waals surface area contributed by atoms with Crippen LogP contribution >= 0.6 is 11.9 Å². The van der Waals surface area contributed by atoms with Crippen LogP contribution in [-0.4, -0.2) is 89.3 Å². The van der Waals surface area contributed by atoms with Crippen molar-refractivity contribution in [1.29, 1.82) is 0 Å². The van der Waals surface area contributed by atoms with Crippen LogP contribution in [0.25, 0.3) is 0 Å². The number of hydrogen-bond donors (Lipinski definition) is 4. The number of allylic oxidation sites excluding steroid dienone is 3. The van der Waals surface area contributed by atoms with Crippen LogP contribution in [0.5, 0.6) is 0 Å². The zero-order valence-corrected chi connectivity index (χ0v) is 32.5. The zero-order valence-electron chi connectivity index (χ0n) is 31.7. The van der Waals surface area contributed by atoms with Crippen molar-refractivity contribution in [1.82, 2.24) is 25.2 Å². The fraction of sp³-hybridized carbons (Fsp3) is 0.757. The molecule has 5 N–H and O–H groups in total. The number of amides is 5. The van der Waals surface area contributed by atoms with Gasteiger partial charge in [0.15, 0.2) is 0 Å². The highest BCUT2D eigenvalue weighted by molar-refractivity contribution is 7.96. The van der Waals surface area contributed by atoms with E-state index in [1.165, 1.54) is 0 Å². The maximum atomic E-state index is 14.5. The second-order valence-electron chi connectivity index (χ2n) is 14.4. The molecule has 1 aliphatic heterocycles. The number of carbonyl (C=O) groups is 5. The van der Waals surface area contributed by atoms with Gasteiger partial charge in [0.25, 0.3) is 5.91 Å². The van der Waals surface area contributed by atoms with Crippen LogP contribution in [0, 0.1) is 23.2 Å². The fourth-order valence-corrected chi connectivity index (χ4v) is 6.57. The second-order valence-corrected chi connectivity index (χ2v) is 15.4. The number of nitrogens with two attached hydrogens (primary N) is 1. The first-order chi connectivity index (χ1) is 23.1. The molecule has 12 heteroatoms. The SMILES string of the molecule is C=CC(C)CC(CC/C=C\C)C(NC(=O)NC(CN(C)SC)C(C)(C)C)C(=O)N1CCCC1C(=O)NC(CC1CCC1)C(=O)C(N)=O.CC. The van der Waals surface area contributed by atoms with Crippen molar-refractivity contribution in [3.8, 4) is 0 Å². The molecular formula is C37H66N6O5S. The third kappa shape index (κ3) is 14.5. The number of urea groups is 1. The van der Waals surface area contributed by atoms with Crippen molar-refractivity contribution in [2.24, 2.45) is 28.9 Å². The number of likely N-dealkylation sites (N-methyl/N-ethyl adjacent to an activating group) is 1. The van der Waals surface area contributed by atoms with Crippen molar-refractivity contribution in [3.63, 3.8) is 0 Å². The van der Waals surface area contributed by atoms with Gasteiger partial charge in [-0.15, -0.1) is 6.58 Å². The summed E-state index contributed by atoms with van der Waals surface area (Å²) in [4.78, 5) is 67.9. The minimum atomic E-state index is -1.08. The largest absolute Gasteiger partial charge is 0.363 e. The van der Waals surface area contributed by atoms with Gasteiger partial charge in [0.05, 0.1) is 6.04 Å². The Hall–Kier alpha value is -2.86. The first-order valence-electron chi connectivity index (χ1n) is 18.1. The quantitative estimate of drug-likeness (QED) is 0.0817. The molecule has 2 rings (SSSR count). The summed E-state index contributed by atoms with van der Waals surface area (Å²) in [6.45, 7) is 19.1. The van der Waals surface area contributed by atoms with Crippen LogP contribution in [0.4, 0.5) is 4.79 Å². The summed E-state index contributed by atoms with van der Waals surface area (Å²) in [5, 5.41) is 8.95. The van der Waals surface area contributed by atoms with Crippen LogP contribution in [0.3, 0.4) is 0 Å². The average Bonchev–Trinajstić information content (AvgIpc) is 3.54. The van der Waals surface area contributed by atoms with E-state index in [0.717, 1.165) is 25.7 Å². The molecule has 0 aromatic heterocycles. The smallest absolute Gasteiger partial charge is 0.315 e. The Labute approximate surface area is 300 Å². The van der Waals surface area contributed by atoms with Crippen LogP contribution in [0.2, 0.25) is 0 Å². The minimum Gasteiger partial charge on any atom is -0.363 e. The molecule has 2 fully saturated rings. The Balaban J connectivity index is 0.00000589. The van der Waals surface area contributed by atoms with Crippen molar-refractivity contribution in [3.05, 3.63) is 24.8 Å². The minimum absolute atomic E-state index is 0.0908. The number of primary amides is 1. The molecule has 280 valence electrons. The molecule has 0 aromatic carbocycles. The van der Waals surface area contributed by atoms with Crippen molar-refractivity contribution >= 4 is 41.5 Å². The van der Waals surface area contributed by atoms with E-state index in [2.05, 4.69) is 47.6 Å². The van der Waals surface area contributed by atoms with Gasteiger partial charge < -0.3 is 26.6 Å². The summed E-state index contributed by atoms with van der Waals surface area (Å²) in [5.74, 6) is -2.60. The lowest BCUT2D eigenvalue weighted by Gasteiger charge is -2.37. The molecule has 1 aliphatic carbocycles. The van der Waals surface area contributed by atoms with E-state index in [1.54, 1.807) is 16.8 Å². The van der Waals surface area contributed by atoms with Crippen LogP contribution in [0.1, 0.15) is 106 Å². The normalized spacial score (nSPS) is 19.5. The molecule has 49 heavy (non-hydrogen) atoms. The summed E-state index contributed by atoms with van der Waals surface area (Å²) in [5.41, 5.74) is 5.08. The van der Waals surface area contributed by atoms with Gasteiger partial charge in [-0.1, -0.05) is 91.0 Å².